The largest absolute Gasteiger partial charge is 0.277 e. The van der Waals surface area contributed by atoms with Gasteiger partial charge in [-0.1, -0.05) is 42.3 Å². The summed E-state index contributed by atoms with van der Waals surface area (Å²) in [6.45, 7) is 0. The number of nitrogens with zero attached hydrogens (tertiary/aromatic N) is 3. The molecule has 2 aromatic carbocycles. The van der Waals surface area contributed by atoms with Gasteiger partial charge in [0.15, 0.2) is 0 Å². The fourth-order valence-corrected chi connectivity index (χ4v) is 3.25. The van der Waals surface area contributed by atoms with Gasteiger partial charge in [-0.3, -0.25) is 10.1 Å². The van der Waals surface area contributed by atoms with Gasteiger partial charge in [-0.25, -0.2) is 4.98 Å². The van der Waals surface area contributed by atoms with Gasteiger partial charge in [0, 0.05) is 34.5 Å². The number of benzene rings is 2. The summed E-state index contributed by atoms with van der Waals surface area (Å²) in [6, 6.07) is 24.1. The lowest BCUT2D eigenvalue weighted by atomic mass is 10.0. The molecule has 0 fully saturated rings. The third kappa shape index (κ3) is 3.50. The van der Waals surface area contributed by atoms with E-state index in [1.165, 1.54) is 0 Å². The van der Waals surface area contributed by atoms with E-state index in [2.05, 4.69) is 44.1 Å². The first kappa shape index (κ1) is 16.9. The Bertz CT molecular complexity index is 1340. The van der Waals surface area contributed by atoms with Crippen LogP contribution in [-0.4, -0.2) is 20.2 Å². The number of pyridine rings is 2. The minimum absolute atomic E-state index is 0.765. The third-order valence-corrected chi connectivity index (χ3v) is 4.74. The molecule has 0 aliphatic heterocycles. The number of para-hydroxylation sites is 1. The van der Waals surface area contributed by atoms with Gasteiger partial charge < -0.3 is 0 Å². The molecule has 4 heteroatoms. The van der Waals surface area contributed by atoms with Crippen molar-refractivity contribution in [3.63, 3.8) is 0 Å². The van der Waals surface area contributed by atoms with Crippen LogP contribution in [0.25, 0.3) is 33.3 Å². The van der Waals surface area contributed by atoms with Crippen molar-refractivity contribution in [2.75, 3.05) is 0 Å². The van der Waals surface area contributed by atoms with Crippen molar-refractivity contribution >= 4 is 10.9 Å². The Morgan fingerprint density at radius 1 is 0.724 bits per heavy atom. The number of hydrogen-bond acceptors (Lipinski definition) is 3. The number of aromatic amines is 1. The normalized spacial score (nSPS) is 10.5. The van der Waals surface area contributed by atoms with Crippen LogP contribution in [0.5, 0.6) is 0 Å². The summed E-state index contributed by atoms with van der Waals surface area (Å²) in [5.41, 5.74) is 6.82. The molecule has 0 bridgehead atoms. The van der Waals surface area contributed by atoms with Crippen molar-refractivity contribution in [2.45, 2.75) is 0 Å². The lowest BCUT2D eigenvalue weighted by molar-refractivity contribution is 1.10. The number of nitrogens with one attached hydrogen (secondary N) is 1. The van der Waals surface area contributed by atoms with Crippen molar-refractivity contribution < 1.29 is 0 Å². The fourth-order valence-electron chi connectivity index (χ4n) is 3.25. The van der Waals surface area contributed by atoms with Crippen molar-refractivity contribution in [2.24, 2.45) is 0 Å². The second kappa shape index (κ2) is 7.41. The van der Waals surface area contributed by atoms with Crippen molar-refractivity contribution in [3.05, 3.63) is 103 Å². The predicted octanol–water partition coefficient (Wildman–Crippen LogP) is 5.09. The summed E-state index contributed by atoms with van der Waals surface area (Å²) in [5.74, 6) is 6.35. The summed E-state index contributed by atoms with van der Waals surface area (Å²) in [4.78, 5) is 8.68. The average Bonchev–Trinajstić information content (AvgIpc) is 3.28. The molecule has 0 unspecified atom stereocenters. The monoisotopic (exact) mass is 372 g/mol. The molecule has 136 valence electrons. The van der Waals surface area contributed by atoms with Gasteiger partial charge in [-0.05, 0) is 47.9 Å². The van der Waals surface area contributed by atoms with Crippen molar-refractivity contribution in [1.29, 1.82) is 0 Å². The molecule has 0 spiro atoms. The zero-order valence-electron chi connectivity index (χ0n) is 15.5. The standard InChI is InChI=1S/C25H16N4/c1-2-4-24-20(3-1)10-12-22(28-24)11-7-18-5-8-21(9-6-18)25-23(17-27-29-25)19-13-15-26-16-14-19/h1-6,8-10,12-17H,(H,27,29). The maximum atomic E-state index is 4.60. The third-order valence-electron chi connectivity index (χ3n) is 4.74. The van der Waals surface area contributed by atoms with Crippen LogP contribution in [0.1, 0.15) is 11.3 Å². The Morgan fingerprint density at radius 3 is 2.41 bits per heavy atom. The lowest BCUT2D eigenvalue weighted by Crippen LogP contribution is -1.85. The van der Waals surface area contributed by atoms with E-state index >= 15 is 0 Å². The van der Waals surface area contributed by atoms with Crippen LogP contribution in [0.15, 0.2) is 91.4 Å². The van der Waals surface area contributed by atoms with E-state index < -0.39 is 0 Å². The predicted molar refractivity (Wildman–Crippen MR) is 115 cm³/mol. The number of fused-ring (bicyclic) bond motifs is 1. The highest BCUT2D eigenvalue weighted by atomic mass is 15.1. The Morgan fingerprint density at radius 2 is 1.55 bits per heavy atom. The Hall–Kier alpha value is -4.23. The highest BCUT2D eigenvalue weighted by Gasteiger charge is 2.09. The number of rotatable bonds is 2. The molecule has 0 amide bonds. The number of hydrogen-bond donors (Lipinski definition) is 1. The molecule has 0 aliphatic carbocycles. The van der Waals surface area contributed by atoms with Gasteiger partial charge in [0.25, 0.3) is 0 Å². The molecule has 0 saturated heterocycles. The van der Waals surface area contributed by atoms with E-state index in [1.54, 1.807) is 12.4 Å². The van der Waals surface area contributed by atoms with Crippen LogP contribution < -0.4 is 0 Å². The SMILES string of the molecule is C(#Cc1ccc2ccccc2n1)c1ccc(-c2[nH]ncc2-c2ccncc2)cc1. The summed E-state index contributed by atoms with van der Waals surface area (Å²) in [5, 5.41) is 8.43. The first-order valence-electron chi connectivity index (χ1n) is 9.29. The van der Waals surface area contributed by atoms with Crippen LogP contribution in [0.3, 0.4) is 0 Å². The molecule has 4 nitrogen and oxygen atoms in total. The zero-order chi connectivity index (χ0) is 19.5. The topological polar surface area (TPSA) is 54.5 Å². The summed E-state index contributed by atoms with van der Waals surface area (Å²) in [6.07, 6.45) is 5.40. The summed E-state index contributed by atoms with van der Waals surface area (Å²) in [7, 11) is 0. The number of aromatic nitrogens is 4. The molecule has 29 heavy (non-hydrogen) atoms. The summed E-state index contributed by atoms with van der Waals surface area (Å²) >= 11 is 0. The molecule has 5 aromatic rings. The Kier molecular flexibility index (Phi) is 4.32. The highest BCUT2D eigenvalue weighted by Crippen LogP contribution is 2.29. The van der Waals surface area contributed by atoms with E-state index in [0.717, 1.165) is 44.5 Å². The number of H-pyrrole nitrogens is 1. The van der Waals surface area contributed by atoms with Crippen molar-refractivity contribution in [1.82, 2.24) is 20.2 Å². The maximum absolute atomic E-state index is 4.60. The molecule has 0 aliphatic rings. The molecule has 3 heterocycles. The van der Waals surface area contributed by atoms with Gasteiger partial charge in [0.1, 0.15) is 5.69 Å². The van der Waals surface area contributed by atoms with E-state index in [9.17, 15) is 0 Å². The van der Waals surface area contributed by atoms with Crippen LogP contribution in [-0.2, 0) is 0 Å². The smallest absolute Gasteiger partial charge is 0.114 e. The van der Waals surface area contributed by atoms with E-state index in [4.69, 9.17) is 0 Å². The molecular weight excluding hydrogens is 356 g/mol. The average molecular weight is 372 g/mol. The van der Waals surface area contributed by atoms with Crippen LogP contribution >= 0.6 is 0 Å². The first-order chi connectivity index (χ1) is 14.4. The minimum atomic E-state index is 0.765. The second-order valence-electron chi connectivity index (χ2n) is 6.61. The molecule has 0 radical (unpaired) electrons. The quantitative estimate of drug-likeness (QED) is 0.439. The summed E-state index contributed by atoms with van der Waals surface area (Å²) < 4.78 is 0. The van der Waals surface area contributed by atoms with Gasteiger partial charge in [0.2, 0.25) is 0 Å². The second-order valence-corrected chi connectivity index (χ2v) is 6.61. The van der Waals surface area contributed by atoms with Gasteiger partial charge >= 0.3 is 0 Å². The highest BCUT2D eigenvalue weighted by molar-refractivity contribution is 5.80. The zero-order valence-corrected chi connectivity index (χ0v) is 15.5. The van der Waals surface area contributed by atoms with Crippen LogP contribution in [0, 0.1) is 11.8 Å². The minimum Gasteiger partial charge on any atom is -0.277 e. The molecular formula is C25H16N4. The van der Waals surface area contributed by atoms with Crippen LogP contribution in [0.2, 0.25) is 0 Å². The van der Waals surface area contributed by atoms with E-state index in [0.29, 0.717) is 0 Å². The maximum Gasteiger partial charge on any atom is 0.114 e. The van der Waals surface area contributed by atoms with Gasteiger partial charge in [-0.15, -0.1) is 0 Å². The van der Waals surface area contributed by atoms with E-state index in [-0.39, 0.29) is 0 Å². The molecule has 3 aromatic heterocycles. The molecule has 0 saturated carbocycles. The van der Waals surface area contributed by atoms with Crippen LogP contribution in [0.4, 0.5) is 0 Å². The van der Waals surface area contributed by atoms with E-state index in [1.807, 2.05) is 66.9 Å². The van der Waals surface area contributed by atoms with Crippen molar-refractivity contribution in [3.8, 4) is 34.2 Å². The Balaban J connectivity index is 1.42. The Labute approximate surface area is 168 Å². The fraction of sp³-hybridized carbons (Fsp3) is 0. The first-order valence-corrected chi connectivity index (χ1v) is 9.29. The van der Waals surface area contributed by atoms with Gasteiger partial charge in [0.05, 0.1) is 17.4 Å². The lowest BCUT2D eigenvalue weighted by Gasteiger charge is -2.03. The molecule has 1 N–H and O–H groups in total. The van der Waals surface area contributed by atoms with Gasteiger partial charge in [-0.2, -0.15) is 5.10 Å². The molecule has 5 rings (SSSR count). The molecule has 0 atom stereocenters.